The van der Waals surface area contributed by atoms with Crippen LogP contribution in [0.3, 0.4) is 0 Å². The summed E-state index contributed by atoms with van der Waals surface area (Å²) in [5.41, 5.74) is -0.467. The summed E-state index contributed by atoms with van der Waals surface area (Å²) in [6.07, 6.45) is -0.476. The van der Waals surface area contributed by atoms with Crippen LogP contribution in [0.4, 0.5) is 23.4 Å². The molecule has 3 atom stereocenters. The van der Waals surface area contributed by atoms with E-state index < -0.39 is 38.7 Å². The number of hydrogen-bond acceptors (Lipinski definition) is 9. The molecule has 2 aromatic heterocycles. The van der Waals surface area contributed by atoms with Crippen LogP contribution < -0.4 is 9.21 Å². The number of carbonyl (C=O) groups is 1. The van der Waals surface area contributed by atoms with E-state index in [1.807, 2.05) is 4.90 Å². The standard InChI is InChI=1S/C25H24ClF4N5O5S/c1-34(2)19-9-15(16-5-8-32-23(10-16)25(28,29)30)3-4-20(19)40-21-12-18(27)22(11-17(21)26)41(37,38)35(39-14-36)24-6-7-31-13-33-24/h5-8,10-15,19-20H,3-4,9H2,1-2H3/t15-,19-,20-/m0/s1. The summed E-state index contributed by atoms with van der Waals surface area (Å²) in [4.78, 5) is 27.3. The highest BCUT2D eigenvalue weighted by Gasteiger charge is 2.38. The molecule has 0 bridgehead atoms. The number of anilines is 1. The zero-order valence-electron chi connectivity index (χ0n) is 21.6. The molecule has 1 aliphatic carbocycles. The van der Waals surface area contributed by atoms with Crippen molar-refractivity contribution >= 4 is 33.9 Å². The highest BCUT2D eigenvalue weighted by atomic mass is 35.5. The number of rotatable bonds is 9. The van der Waals surface area contributed by atoms with Crippen molar-refractivity contribution in [1.82, 2.24) is 19.9 Å². The number of aromatic nitrogens is 3. The maximum absolute atomic E-state index is 15.2. The van der Waals surface area contributed by atoms with Gasteiger partial charge in [0.15, 0.2) is 5.82 Å². The molecule has 0 amide bonds. The fourth-order valence-corrected chi connectivity index (χ4v) is 6.20. The van der Waals surface area contributed by atoms with Crippen molar-refractivity contribution in [2.75, 3.05) is 18.6 Å². The van der Waals surface area contributed by atoms with Gasteiger partial charge in [-0.05, 0) is 63.0 Å². The molecule has 0 unspecified atom stereocenters. The van der Waals surface area contributed by atoms with Crippen LogP contribution >= 0.6 is 11.6 Å². The molecule has 1 saturated carbocycles. The lowest BCUT2D eigenvalue weighted by Gasteiger charge is -2.40. The third kappa shape index (κ3) is 6.68. The van der Waals surface area contributed by atoms with Crippen molar-refractivity contribution in [1.29, 1.82) is 0 Å². The van der Waals surface area contributed by atoms with E-state index in [1.54, 1.807) is 20.2 Å². The fraction of sp³-hybridized carbons (Fsp3) is 0.360. The summed E-state index contributed by atoms with van der Waals surface area (Å²) >= 11 is 6.33. The lowest BCUT2D eigenvalue weighted by molar-refractivity contribution is -0.141. The van der Waals surface area contributed by atoms with E-state index in [9.17, 15) is 26.4 Å². The first-order valence-electron chi connectivity index (χ1n) is 12.1. The molecule has 41 heavy (non-hydrogen) atoms. The fourth-order valence-electron chi connectivity index (χ4n) is 4.67. The number of sulfonamides is 1. The van der Waals surface area contributed by atoms with Crippen LogP contribution in [0.15, 0.2) is 53.9 Å². The van der Waals surface area contributed by atoms with Crippen LogP contribution in [0.5, 0.6) is 5.75 Å². The van der Waals surface area contributed by atoms with E-state index in [1.165, 1.54) is 6.20 Å². The molecule has 0 N–H and O–H groups in total. The molecule has 0 radical (unpaired) electrons. The van der Waals surface area contributed by atoms with Crippen LogP contribution in [-0.2, 0) is 25.8 Å². The largest absolute Gasteiger partial charge is 0.487 e. The summed E-state index contributed by atoms with van der Waals surface area (Å²) in [5.74, 6) is -1.93. The van der Waals surface area contributed by atoms with E-state index >= 15 is 4.39 Å². The second kappa shape index (κ2) is 12.1. The van der Waals surface area contributed by atoms with E-state index in [-0.39, 0.29) is 39.5 Å². The predicted octanol–water partition coefficient (Wildman–Crippen LogP) is 4.61. The summed E-state index contributed by atoms with van der Waals surface area (Å²) in [6, 6.07) is 5.07. The van der Waals surface area contributed by atoms with E-state index in [0.29, 0.717) is 24.8 Å². The maximum atomic E-state index is 15.2. The van der Waals surface area contributed by atoms with Crippen molar-refractivity contribution in [2.45, 2.75) is 48.4 Å². The topological polar surface area (TPSA) is 115 Å². The summed E-state index contributed by atoms with van der Waals surface area (Å²) in [6.45, 7) is -0.162. The van der Waals surface area contributed by atoms with Gasteiger partial charge in [0, 0.05) is 30.6 Å². The molecule has 3 aromatic rings. The Bertz CT molecular complexity index is 1500. The molecule has 1 aliphatic rings. The van der Waals surface area contributed by atoms with Gasteiger partial charge >= 0.3 is 12.6 Å². The molecule has 0 saturated heterocycles. The number of carbonyl (C=O) groups excluding carboxylic acids is 1. The number of hydrogen-bond donors (Lipinski definition) is 0. The number of ether oxygens (including phenoxy) is 1. The molecule has 1 fully saturated rings. The quantitative estimate of drug-likeness (QED) is 0.193. The Balaban J connectivity index is 1.57. The van der Waals surface area contributed by atoms with Crippen molar-refractivity contribution < 1.29 is 40.3 Å². The minimum absolute atomic E-state index is 0.129. The van der Waals surface area contributed by atoms with Crippen LogP contribution in [0.1, 0.15) is 36.4 Å². The average molecular weight is 618 g/mol. The van der Waals surface area contributed by atoms with Crippen molar-refractivity contribution in [2.24, 2.45) is 0 Å². The van der Waals surface area contributed by atoms with Crippen molar-refractivity contribution in [3.8, 4) is 5.75 Å². The molecule has 16 heteroatoms. The monoisotopic (exact) mass is 617 g/mol. The van der Waals surface area contributed by atoms with Crippen molar-refractivity contribution in [3.63, 3.8) is 0 Å². The number of benzene rings is 1. The Morgan fingerprint density at radius 1 is 1.10 bits per heavy atom. The SMILES string of the molecule is CN(C)[C@H]1C[C@@H](c2ccnc(C(F)(F)F)c2)CC[C@@H]1Oc1cc(F)c(S(=O)(=O)N(OC=O)c2ccncn2)cc1Cl. The van der Waals surface area contributed by atoms with Gasteiger partial charge in [-0.25, -0.2) is 14.4 Å². The van der Waals surface area contributed by atoms with Gasteiger partial charge < -0.3 is 14.5 Å². The second-order valence-corrected chi connectivity index (χ2v) is 11.5. The predicted molar refractivity (Wildman–Crippen MR) is 138 cm³/mol. The highest BCUT2D eigenvalue weighted by Crippen LogP contribution is 2.40. The van der Waals surface area contributed by atoms with Crippen molar-refractivity contribution in [3.05, 3.63) is 71.2 Å². The van der Waals surface area contributed by atoms with Gasteiger partial charge in [-0.15, -0.1) is 0 Å². The lowest BCUT2D eigenvalue weighted by atomic mass is 9.79. The third-order valence-corrected chi connectivity index (χ3v) is 8.49. The molecule has 10 nitrogen and oxygen atoms in total. The van der Waals surface area contributed by atoms with E-state index in [4.69, 9.17) is 16.3 Å². The van der Waals surface area contributed by atoms with Crippen LogP contribution in [0, 0.1) is 5.82 Å². The first-order valence-corrected chi connectivity index (χ1v) is 13.9. The molecular formula is C25H24ClF4N5O5S. The zero-order valence-corrected chi connectivity index (χ0v) is 23.2. The smallest absolute Gasteiger partial charge is 0.433 e. The van der Waals surface area contributed by atoms with Crippen LogP contribution in [0.25, 0.3) is 0 Å². The lowest BCUT2D eigenvalue weighted by Crippen LogP contribution is -2.46. The molecule has 4 rings (SSSR count). The second-order valence-electron chi connectivity index (χ2n) is 9.38. The Labute approximate surface area is 237 Å². The summed E-state index contributed by atoms with van der Waals surface area (Å²) in [7, 11) is -1.25. The molecule has 0 spiro atoms. The van der Waals surface area contributed by atoms with Gasteiger partial charge in [-0.2, -0.15) is 21.6 Å². The van der Waals surface area contributed by atoms with Gasteiger partial charge in [0.25, 0.3) is 10.0 Å². The molecule has 220 valence electrons. The normalized spacial score (nSPS) is 19.6. The number of likely N-dealkylation sites (N-methyl/N-ethyl adjacent to an activating group) is 1. The number of alkyl halides is 3. The molecule has 0 aliphatic heterocycles. The van der Waals surface area contributed by atoms with Gasteiger partial charge in [0.05, 0.1) is 5.02 Å². The summed E-state index contributed by atoms with van der Waals surface area (Å²) in [5, 5.41) is -0.234. The molecule has 2 heterocycles. The Morgan fingerprint density at radius 3 is 2.49 bits per heavy atom. The maximum Gasteiger partial charge on any atom is 0.433 e. The van der Waals surface area contributed by atoms with Gasteiger partial charge in [-0.1, -0.05) is 16.1 Å². The molecule has 1 aromatic carbocycles. The average Bonchev–Trinajstić information content (AvgIpc) is 2.93. The third-order valence-electron chi connectivity index (χ3n) is 6.62. The minimum atomic E-state index is -4.81. The van der Waals surface area contributed by atoms with Gasteiger partial charge in [0.1, 0.15) is 34.6 Å². The van der Waals surface area contributed by atoms with Crippen LogP contribution in [0.2, 0.25) is 5.02 Å². The van der Waals surface area contributed by atoms with Gasteiger partial charge in [-0.3, -0.25) is 9.78 Å². The Hall–Kier alpha value is -3.56. The first kappa shape index (κ1) is 30.4. The zero-order chi connectivity index (χ0) is 29.9. The van der Waals surface area contributed by atoms with E-state index in [0.717, 1.165) is 36.8 Å². The highest BCUT2D eigenvalue weighted by molar-refractivity contribution is 7.92. The number of pyridine rings is 1. The number of halogens is 5. The van der Waals surface area contributed by atoms with E-state index in [2.05, 4.69) is 19.8 Å². The minimum Gasteiger partial charge on any atom is -0.487 e. The Kier molecular flexibility index (Phi) is 8.99. The molecular weight excluding hydrogens is 594 g/mol. The Morgan fingerprint density at radius 2 is 1.85 bits per heavy atom. The van der Waals surface area contributed by atoms with Gasteiger partial charge in [0.2, 0.25) is 0 Å². The summed E-state index contributed by atoms with van der Waals surface area (Å²) < 4.78 is 87.3. The van der Waals surface area contributed by atoms with Crippen LogP contribution in [-0.4, -0.2) is 61.0 Å². The number of nitrogens with zero attached hydrogens (tertiary/aromatic N) is 5. The first-order chi connectivity index (χ1) is 19.3.